The van der Waals surface area contributed by atoms with Gasteiger partial charge in [0.05, 0.1) is 12.2 Å². The quantitative estimate of drug-likeness (QED) is 0.771. The molecule has 4 aliphatic carbocycles. The molecule has 0 aliphatic heterocycles. The Morgan fingerprint density at radius 1 is 0.917 bits per heavy atom. The lowest BCUT2D eigenvalue weighted by atomic mass is 9.44. The normalized spacial score (nSPS) is 57.0. The number of Topliss-reactive ketones (excluding diaryl/α,β-unsaturated/α-hetero) is 1. The average Bonchev–Trinajstić information content (AvgIpc) is 2.78. The van der Waals surface area contributed by atoms with Gasteiger partial charge in [-0.25, -0.2) is 0 Å². The maximum absolute atomic E-state index is 12.2. The fourth-order valence-electron chi connectivity index (χ4n) is 7.98. The monoisotopic (exact) mass is 334 g/mol. The van der Waals surface area contributed by atoms with Gasteiger partial charge in [0.25, 0.3) is 0 Å². The molecule has 4 aliphatic rings. The van der Waals surface area contributed by atoms with Crippen molar-refractivity contribution in [1.29, 1.82) is 0 Å². The molecule has 3 heteroatoms. The van der Waals surface area contributed by atoms with E-state index in [2.05, 4.69) is 13.8 Å². The molecule has 9 atom stereocenters. The first kappa shape index (κ1) is 17.0. The molecule has 0 aromatic heterocycles. The second-order valence-electron chi connectivity index (χ2n) is 10.0. The smallest absolute Gasteiger partial charge is 0.136 e. The van der Waals surface area contributed by atoms with Gasteiger partial charge in [0.15, 0.2) is 0 Å². The summed E-state index contributed by atoms with van der Waals surface area (Å²) in [4.78, 5) is 12.2. The number of aliphatic hydroxyl groups is 2. The summed E-state index contributed by atoms with van der Waals surface area (Å²) < 4.78 is 0. The van der Waals surface area contributed by atoms with Gasteiger partial charge in [-0.3, -0.25) is 4.79 Å². The Hall–Kier alpha value is -0.410. The molecule has 24 heavy (non-hydrogen) atoms. The van der Waals surface area contributed by atoms with Crippen LogP contribution in [-0.4, -0.2) is 28.2 Å². The summed E-state index contributed by atoms with van der Waals surface area (Å²) in [5.41, 5.74) is 0.368. The van der Waals surface area contributed by atoms with Gasteiger partial charge in [-0.15, -0.1) is 0 Å². The van der Waals surface area contributed by atoms with Crippen LogP contribution in [0, 0.1) is 40.4 Å². The van der Waals surface area contributed by atoms with Gasteiger partial charge in [-0.1, -0.05) is 13.8 Å². The van der Waals surface area contributed by atoms with Crippen molar-refractivity contribution in [2.75, 3.05) is 0 Å². The summed E-state index contributed by atoms with van der Waals surface area (Å²) >= 11 is 0. The Morgan fingerprint density at radius 2 is 1.62 bits per heavy atom. The van der Waals surface area contributed by atoms with Crippen LogP contribution in [0.25, 0.3) is 0 Å². The maximum atomic E-state index is 12.2. The van der Waals surface area contributed by atoms with Crippen molar-refractivity contribution in [3.05, 3.63) is 0 Å². The molecule has 0 heterocycles. The van der Waals surface area contributed by atoms with E-state index < -0.39 is 6.10 Å². The first-order valence-electron chi connectivity index (χ1n) is 10.1. The number of hydrogen-bond donors (Lipinski definition) is 2. The third-order valence-corrected chi connectivity index (χ3v) is 9.10. The fourth-order valence-corrected chi connectivity index (χ4v) is 7.98. The molecule has 0 aromatic carbocycles. The molecule has 0 spiro atoms. The van der Waals surface area contributed by atoms with Gasteiger partial charge in [-0.05, 0) is 92.8 Å². The van der Waals surface area contributed by atoms with E-state index in [0.29, 0.717) is 23.2 Å². The largest absolute Gasteiger partial charge is 0.393 e. The molecule has 0 bridgehead atoms. The fraction of sp³-hybridized carbons (Fsp3) is 0.952. The highest BCUT2D eigenvalue weighted by Gasteiger charge is 2.62. The zero-order valence-electron chi connectivity index (χ0n) is 15.5. The van der Waals surface area contributed by atoms with Crippen LogP contribution in [0.3, 0.4) is 0 Å². The molecular weight excluding hydrogens is 300 g/mol. The zero-order valence-corrected chi connectivity index (χ0v) is 15.5. The van der Waals surface area contributed by atoms with Gasteiger partial charge in [-0.2, -0.15) is 0 Å². The third kappa shape index (κ3) is 2.19. The van der Waals surface area contributed by atoms with Crippen molar-refractivity contribution < 1.29 is 15.0 Å². The van der Waals surface area contributed by atoms with Crippen LogP contribution < -0.4 is 0 Å². The van der Waals surface area contributed by atoms with Crippen LogP contribution in [0.2, 0.25) is 0 Å². The highest BCUT2D eigenvalue weighted by Crippen LogP contribution is 2.67. The summed E-state index contributed by atoms with van der Waals surface area (Å²) in [5.74, 6) is 2.60. The molecule has 136 valence electrons. The molecule has 4 saturated carbocycles. The van der Waals surface area contributed by atoms with Gasteiger partial charge in [0, 0.05) is 5.92 Å². The number of fused-ring (bicyclic) bond motifs is 5. The summed E-state index contributed by atoms with van der Waals surface area (Å²) in [7, 11) is 0. The predicted octanol–water partition coefficient (Wildman–Crippen LogP) is 3.57. The van der Waals surface area contributed by atoms with E-state index in [1.165, 1.54) is 19.3 Å². The third-order valence-electron chi connectivity index (χ3n) is 9.10. The van der Waals surface area contributed by atoms with Gasteiger partial charge < -0.3 is 10.2 Å². The highest BCUT2D eigenvalue weighted by molar-refractivity contribution is 5.80. The van der Waals surface area contributed by atoms with Crippen LogP contribution in [0.1, 0.15) is 72.1 Å². The molecule has 0 unspecified atom stereocenters. The standard InChI is InChI=1S/C21H34O3/c1-12(22)19-18(24)11-17-15-5-4-13-10-14(23)6-8-20(13,2)16(15)7-9-21(17,19)3/h13-19,23-24H,4-11H2,1-3H3/t13-,14-,15+,16-,17-,18-,19+,20+,21+/m1/s1. The molecule has 0 radical (unpaired) electrons. The molecule has 4 rings (SSSR count). The summed E-state index contributed by atoms with van der Waals surface area (Å²) in [6.07, 6.45) is 8.14. The van der Waals surface area contributed by atoms with Crippen LogP contribution >= 0.6 is 0 Å². The van der Waals surface area contributed by atoms with E-state index in [0.717, 1.165) is 38.0 Å². The number of carbonyl (C=O) groups is 1. The van der Waals surface area contributed by atoms with Crippen molar-refractivity contribution in [3.63, 3.8) is 0 Å². The zero-order chi connectivity index (χ0) is 17.3. The molecule has 0 aromatic rings. The van der Waals surface area contributed by atoms with Crippen LogP contribution in [-0.2, 0) is 4.79 Å². The van der Waals surface area contributed by atoms with E-state index in [1.54, 1.807) is 6.92 Å². The van der Waals surface area contributed by atoms with Crippen molar-refractivity contribution in [2.24, 2.45) is 40.4 Å². The van der Waals surface area contributed by atoms with E-state index in [9.17, 15) is 15.0 Å². The highest BCUT2D eigenvalue weighted by atomic mass is 16.3. The number of hydrogen-bond acceptors (Lipinski definition) is 3. The second kappa shape index (κ2) is 5.54. The van der Waals surface area contributed by atoms with E-state index in [4.69, 9.17) is 0 Å². The molecular formula is C21H34O3. The minimum absolute atomic E-state index is 0.00376. The van der Waals surface area contributed by atoms with Crippen molar-refractivity contribution in [3.8, 4) is 0 Å². The van der Waals surface area contributed by atoms with E-state index in [-0.39, 0.29) is 23.2 Å². The van der Waals surface area contributed by atoms with Crippen LogP contribution in [0.4, 0.5) is 0 Å². The topological polar surface area (TPSA) is 57.5 Å². The number of aliphatic hydroxyl groups excluding tert-OH is 2. The Labute approximate surface area is 146 Å². The molecule has 0 saturated heterocycles. The van der Waals surface area contributed by atoms with Crippen LogP contribution in [0.5, 0.6) is 0 Å². The lowest BCUT2D eigenvalue weighted by Gasteiger charge is -2.60. The lowest BCUT2D eigenvalue weighted by Crippen LogP contribution is -2.54. The minimum atomic E-state index is -0.435. The van der Waals surface area contributed by atoms with E-state index in [1.807, 2.05) is 0 Å². The Balaban J connectivity index is 1.64. The minimum Gasteiger partial charge on any atom is -0.393 e. The summed E-state index contributed by atoms with van der Waals surface area (Å²) in [6, 6.07) is 0. The average molecular weight is 335 g/mol. The summed E-state index contributed by atoms with van der Waals surface area (Å²) in [5, 5.41) is 20.7. The van der Waals surface area contributed by atoms with Crippen molar-refractivity contribution in [2.45, 2.75) is 84.3 Å². The SMILES string of the molecule is CC(=O)[C@H]1[C@H](O)C[C@@H]2[C@H]3CC[C@@H]4C[C@H](O)CC[C@]4(C)[C@@H]3CC[C@@]21C. The molecule has 4 fully saturated rings. The first-order chi connectivity index (χ1) is 11.3. The van der Waals surface area contributed by atoms with Crippen molar-refractivity contribution >= 4 is 5.78 Å². The number of rotatable bonds is 1. The summed E-state index contributed by atoms with van der Waals surface area (Å²) in [6.45, 7) is 6.44. The second-order valence-corrected chi connectivity index (χ2v) is 10.0. The van der Waals surface area contributed by atoms with Crippen molar-refractivity contribution in [1.82, 2.24) is 0 Å². The lowest BCUT2D eigenvalue weighted by molar-refractivity contribution is -0.140. The molecule has 3 nitrogen and oxygen atoms in total. The Kier molecular flexibility index (Phi) is 3.93. The predicted molar refractivity (Wildman–Crippen MR) is 93.3 cm³/mol. The van der Waals surface area contributed by atoms with E-state index >= 15 is 0 Å². The number of ketones is 1. The van der Waals surface area contributed by atoms with Crippen LogP contribution in [0.15, 0.2) is 0 Å². The molecule has 0 amide bonds. The van der Waals surface area contributed by atoms with Gasteiger partial charge in [0.1, 0.15) is 5.78 Å². The Bertz CT molecular complexity index is 531. The number of carbonyl (C=O) groups excluding carboxylic acids is 1. The Morgan fingerprint density at radius 3 is 2.33 bits per heavy atom. The first-order valence-corrected chi connectivity index (χ1v) is 10.1. The van der Waals surface area contributed by atoms with Gasteiger partial charge >= 0.3 is 0 Å². The maximum Gasteiger partial charge on any atom is 0.136 e. The van der Waals surface area contributed by atoms with Gasteiger partial charge in [0.2, 0.25) is 0 Å². The molecule has 2 N–H and O–H groups in total.